The van der Waals surface area contributed by atoms with Crippen molar-refractivity contribution in [2.45, 2.75) is 51.0 Å². The van der Waals surface area contributed by atoms with Crippen LogP contribution in [-0.4, -0.2) is 31.1 Å². The van der Waals surface area contributed by atoms with E-state index in [-0.39, 0.29) is 30.4 Å². The zero-order valence-corrected chi connectivity index (χ0v) is 15.7. The first-order chi connectivity index (χ1) is 12.6. The van der Waals surface area contributed by atoms with E-state index in [1.165, 1.54) is 0 Å². The third-order valence-corrected chi connectivity index (χ3v) is 6.00. The van der Waals surface area contributed by atoms with Crippen LogP contribution in [0.25, 0.3) is 0 Å². The Balaban J connectivity index is 1.64. The average molecular weight is 373 g/mol. The number of ether oxygens (including phenoxy) is 2. The smallest absolute Gasteiger partial charge is 0.336 e. The van der Waals surface area contributed by atoms with Gasteiger partial charge >= 0.3 is 5.97 Å². The van der Waals surface area contributed by atoms with E-state index in [0.717, 1.165) is 54.8 Å². The fourth-order valence-corrected chi connectivity index (χ4v) is 4.73. The minimum absolute atomic E-state index is 0.0120. The normalized spacial score (nSPS) is 26.0. The van der Waals surface area contributed by atoms with Gasteiger partial charge in [-0.3, -0.25) is 4.79 Å². The summed E-state index contributed by atoms with van der Waals surface area (Å²) in [6.45, 7) is 2.89. The molecule has 1 aromatic heterocycles. The van der Waals surface area contributed by atoms with Gasteiger partial charge in [0.1, 0.15) is 6.61 Å². The fraction of sp³-hybridized carbons (Fsp3) is 0.500. The topological polar surface area (TPSA) is 64.6 Å². The largest absolute Gasteiger partial charge is 0.459 e. The van der Waals surface area contributed by atoms with Crippen molar-refractivity contribution in [2.75, 3.05) is 13.2 Å². The lowest BCUT2D eigenvalue weighted by Crippen LogP contribution is -2.34. The first-order valence-corrected chi connectivity index (χ1v) is 10.1. The van der Waals surface area contributed by atoms with Gasteiger partial charge in [-0.1, -0.05) is 0 Å². The molecule has 1 aromatic rings. The molecule has 138 valence electrons. The van der Waals surface area contributed by atoms with Crippen LogP contribution in [0.2, 0.25) is 0 Å². The Labute approximate surface area is 157 Å². The highest BCUT2D eigenvalue weighted by Gasteiger charge is 2.39. The van der Waals surface area contributed by atoms with Crippen LogP contribution in [0.5, 0.6) is 0 Å². The van der Waals surface area contributed by atoms with Gasteiger partial charge in [0.15, 0.2) is 5.78 Å². The van der Waals surface area contributed by atoms with Crippen molar-refractivity contribution in [2.24, 2.45) is 0 Å². The molecular formula is C20H23NO4S. The number of hydrogen-bond donors (Lipinski definition) is 1. The van der Waals surface area contributed by atoms with E-state index in [0.29, 0.717) is 12.0 Å². The molecule has 2 atom stereocenters. The van der Waals surface area contributed by atoms with Gasteiger partial charge in [0.2, 0.25) is 0 Å². The third kappa shape index (κ3) is 3.23. The summed E-state index contributed by atoms with van der Waals surface area (Å²) in [5.74, 6) is -0.555. The van der Waals surface area contributed by atoms with Crippen molar-refractivity contribution < 1.29 is 19.1 Å². The Morgan fingerprint density at radius 2 is 2.27 bits per heavy atom. The molecule has 3 heterocycles. The maximum absolute atomic E-state index is 12.9. The molecule has 26 heavy (non-hydrogen) atoms. The number of Topliss-reactive ketones (excluding diaryl/α,β-unsaturated/α-hetero) is 1. The predicted molar refractivity (Wildman–Crippen MR) is 98.7 cm³/mol. The molecule has 1 aliphatic carbocycles. The van der Waals surface area contributed by atoms with Gasteiger partial charge in [-0.2, -0.15) is 11.3 Å². The zero-order valence-electron chi connectivity index (χ0n) is 14.9. The van der Waals surface area contributed by atoms with Gasteiger partial charge in [-0.15, -0.1) is 0 Å². The number of esters is 1. The molecule has 2 aliphatic heterocycles. The summed E-state index contributed by atoms with van der Waals surface area (Å²) in [6.07, 6.45) is 4.16. The summed E-state index contributed by atoms with van der Waals surface area (Å²) in [6, 6.07) is 1.99. The van der Waals surface area contributed by atoms with Crippen molar-refractivity contribution in [3.63, 3.8) is 0 Å². The molecule has 1 saturated heterocycles. The van der Waals surface area contributed by atoms with E-state index < -0.39 is 0 Å². The number of rotatable bonds is 4. The molecule has 3 aliphatic rings. The molecule has 0 spiro atoms. The van der Waals surface area contributed by atoms with Gasteiger partial charge in [0, 0.05) is 35.9 Å². The first kappa shape index (κ1) is 17.5. The number of carbonyl (C=O) groups is 2. The van der Waals surface area contributed by atoms with E-state index in [4.69, 9.17) is 9.47 Å². The van der Waals surface area contributed by atoms with Crippen molar-refractivity contribution in [3.8, 4) is 0 Å². The summed E-state index contributed by atoms with van der Waals surface area (Å²) in [5.41, 5.74) is 4.03. The van der Waals surface area contributed by atoms with Crippen LogP contribution >= 0.6 is 11.3 Å². The maximum Gasteiger partial charge on any atom is 0.336 e. The van der Waals surface area contributed by atoms with Crippen LogP contribution in [-0.2, 0) is 19.1 Å². The molecule has 0 aromatic carbocycles. The molecule has 0 bridgehead atoms. The molecule has 6 heteroatoms. The van der Waals surface area contributed by atoms with Gasteiger partial charge in [-0.25, -0.2) is 4.79 Å². The minimum Gasteiger partial charge on any atom is -0.459 e. The quantitative estimate of drug-likeness (QED) is 0.819. The number of allylic oxidation sites excluding steroid dienone is 3. The van der Waals surface area contributed by atoms with Gasteiger partial charge < -0.3 is 14.8 Å². The summed E-state index contributed by atoms with van der Waals surface area (Å²) >= 11 is 1.57. The number of nitrogens with one attached hydrogen (secondary N) is 1. The Bertz CT molecular complexity index is 772. The van der Waals surface area contributed by atoms with Crippen LogP contribution < -0.4 is 5.32 Å². The highest BCUT2D eigenvalue weighted by molar-refractivity contribution is 7.08. The molecule has 0 saturated carbocycles. The summed E-state index contributed by atoms with van der Waals surface area (Å²) in [4.78, 5) is 25.6. The van der Waals surface area contributed by atoms with E-state index in [2.05, 4.69) is 5.32 Å². The monoisotopic (exact) mass is 373 g/mol. The molecule has 0 amide bonds. The fourth-order valence-electron chi connectivity index (χ4n) is 4.05. The van der Waals surface area contributed by atoms with Gasteiger partial charge in [-0.05, 0) is 55.0 Å². The van der Waals surface area contributed by atoms with Crippen molar-refractivity contribution >= 4 is 23.1 Å². The highest BCUT2D eigenvalue weighted by Crippen LogP contribution is 2.43. The van der Waals surface area contributed by atoms with E-state index >= 15 is 0 Å². The van der Waals surface area contributed by atoms with Gasteiger partial charge in [0.25, 0.3) is 0 Å². The lowest BCUT2D eigenvalue weighted by atomic mass is 9.76. The number of dihydropyridines is 1. The number of carbonyl (C=O) groups excluding carboxylic acids is 2. The van der Waals surface area contributed by atoms with Crippen LogP contribution in [0.4, 0.5) is 0 Å². The second kappa shape index (κ2) is 7.37. The van der Waals surface area contributed by atoms with E-state index in [9.17, 15) is 9.59 Å². The van der Waals surface area contributed by atoms with Crippen molar-refractivity contribution in [1.82, 2.24) is 5.32 Å². The van der Waals surface area contributed by atoms with Crippen molar-refractivity contribution in [1.29, 1.82) is 0 Å². The number of ketones is 1. The Hall–Kier alpha value is -1.92. The molecule has 1 fully saturated rings. The van der Waals surface area contributed by atoms with Crippen LogP contribution in [0, 0.1) is 0 Å². The Kier molecular flexibility index (Phi) is 4.96. The second-order valence-electron chi connectivity index (χ2n) is 7.06. The molecule has 0 radical (unpaired) electrons. The predicted octanol–water partition coefficient (Wildman–Crippen LogP) is 3.44. The number of thiophene rings is 1. The summed E-state index contributed by atoms with van der Waals surface area (Å²) < 4.78 is 11.1. The third-order valence-electron chi connectivity index (χ3n) is 5.30. The molecule has 0 unspecified atom stereocenters. The van der Waals surface area contributed by atoms with Gasteiger partial charge in [0.05, 0.1) is 11.7 Å². The van der Waals surface area contributed by atoms with Crippen molar-refractivity contribution in [3.05, 3.63) is 44.9 Å². The lowest BCUT2D eigenvalue weighted by Gasteiger charge is -2.33. The lowest BCUT2D eigenvalue weighted by molar-refractivity contribution is -0.142. The molecule has 1 N–H and O–H groups in total. The van der Waals surface area contributed by atoms with E-state index in [1.54, 1.807) is 11.3 Å². The standard InChI is InChI=1S/C20H23NO4S/c1-12-17(20(23)25-10-14-4-3-8-24-14)18(13-7-9-26-11-13)19-15(21-12)5-2-6-16(19)22/h7,9,11,14,18,21H,2-6,8,10H2,1H3/t14-,18+/m1/s1. The summed E-state index contributed by atoms with van der Waals surface area (Å²) in [7, 11) is 0. The summed E-state index contributed by atoms with van der Waals surface area (Å²) in [5, 5.41) is 7.31. The SMILES string of the molecule is CC1=C(C(=O)OC[C@H]2CCCO2)[C@H](c2ccsc2)C2=C(CCCC2=O)N1. The van der Waals surface area contributed by atoms with E-state index in [1.807, 2.05) is 23.8 Å². The Morgan fingerprint density at radius 3 is 3.00 bits per heavy atom. The van der Waals surface area contributed by atoms with Crippen LogP contribution in [0.15, 0.2) is 39.4 Å². The molecular weight excluding hydrogens is 350 g/mol. The number of hydrogen-bond acceptors (Lipinski definition) is 6. The zero-order chi connectivity index (χ0) is 18.1. The van der Waals surface area contributed by atoms with Crippen LogP contribution in [0.1, 0.15) is 50.5 Å². The molecule has 5 nitrogen and oxygen atoms in total. The maximum atomic E-state index is 12.9. The minimum atomic E-state index is -0.355. The second-order valence-corrected chi connectivity index (χ2v) is 7.84. The highest BCUT2D eigenvalue weighted by atomic mass is 32.1. The average Bonchev–Trinajstić information content (AvgIpc) is 3.32. The van der Waals surface area contributed by atoms with Crippen LogP contribution in [0.3, 0.4) is 0 Å². The Morgan fingerprint density at radius 1 is 1.38 bits per heavy atom. The molecule has 4 rings (SSSR count). The first-order valence-electron chi connectivity index (χ1n) is 9.20.